The molecule has 0 aromatic carbocycles. The topological polar surface area (TPSA) is 21.1 Å². The highest BCUT2D eigenvalue weighted by Gasteiger charge is 2.17. The van der Waals surface area contributed by atoms with Gasteiger partial charge in [0.15, 0.2) is 0 Å². The van der Waals surface area contributed by atoms with E-state index in [1.54, 1.807) is 0 Å². The van der Waals surface area contributed by atoms with Crippen LogP contribution in [0.1, 0.15) is 32.4 Å². The van der Waals surface area contributed by atoms with Gasteiger partial charge in [0.25, 0.3) is 0 Å². The first-order chi connectivity index (χ1) is 6.38. The van der Waals surface area contributed by atoms with Gasteiger partial charge in [-0.2, -0.15) is 5.10 Å². The summed E-state index contributed by atoms with van der Waals surface area (Å²) in [5.41, 5.74) is 0. The number of likely N-dealkylation sites (tertiary alicyclic amines) is 1. The van der Waals surface area contributed by atoms with Gasteiger partial charge in [-0.15, -0.1) is 0 Å². The molecule has 1 saturated heterocycles. The molecule has 1 aliphatic heterocycles. The molecule has 0 aliphatic carbocycles. The zero-order valence-electron chi connectivity index (χ0n) is 8.11. The van der Waals surface area contributed by atoms with Crippen LogP contribution in [0.3, 0.4) is 0 Å². The normalized spacial score (nSPS) is 21.6. The van der Waals surface area contributed by atoms with Crippen molar-refractivity contribution in [1.82, 2.24) is 14.7 Å². The van der Waals surface area contributed by atoms with E-state index in [1.165, 1.54) is 32.4 Å². The van der Waals surface area contributed by atoms with E-state index in [0.29, 0.717) is 6.17 Å². The molecule has 3 nitrogen and oxygen atoms in total. The molecule has 2 rings (SSSR count). The molecule has 0 bridgehead atoms. The van der Waals surface area contributed by atoms with Gasteiger partial charge < -0.3 is 0 Å². The second-order valence-corrected chi connectivity index (χ2v) is 3.65. The molecule has 1 atom stereocenters. The molecule has 2 heterocycles. The third-order valence-electron chi connectivity index (χ3n) is 2.78. The fourth-order valence-corrected chi connectivity index (χ4v) is 1.91. The Morgan fingerprint density at radius 1 is 1.31 bits per heavy atom. The van der Waals surface area contributed by atoms with Crippen LogP contribution in [0.15, 0.2) is 12.3 Å². The van der Waals surface area contributed by atoms with Crippen molar-refractivity contribution in [3.05, 3.63) is 18.5 Å². The van der Waals surface area contributed by atoms with Gasteiger partial charge in [0.05, 0.1) is 0 Å². The van der Waals surface area contributed by atoms with Gasteiger partial charge >= 0.3 is 0 Å². The van der Waals surface area contributed by atoms with Crippen LogP contribution in [0.5, 0.6) is 0 Å². The van der Waals surface area contributed by atoms with Crippen LogP contribution in [0.2, 0.25) is 0 Å². The molecule has 1 radical (unpaired) electrons. The summed E-state index contributed by atoms with van der Waals surface area (Å²) < 4.78 is 1.98. The van der Waals surface area contributed by atoms with E-state index in [9.17, 15) is 0 Å². The van der Waals surface area contributed by atoms with Gasteiger partial charge in [0.1, 0.15) is 12.4 Å². The molecule has 1 aliphatic rings. The molecule has 13 heavy (non-hydrogen) atoms. The van der Waals surface area contributed by atoms with Crippen molar-refractivity contribution >= 4 is 0 Å². The van der Waals surface area contributed by atoms with Crippen molar-refractivity contribution in [2.24, 2.45) is 0 Å². The zero-order valence-corrected chi connectivity index (χ0v) is 8.11. The Balaban J connectivity index is 1.99. The Kier molecular flexibility index (Phi) is 2.64. The number of piperidine rings is 1. The van der Waals surface area contributed by atoms with Gasteiger partial charge in [-0.05, 0) is 25.8 Å². The summed E-state index contributed by atoms with van der Waals surface area (Å²) in [5.74, 6) is 0. The van der Waals surface area contributed by atoms with E-state index in [2.05, 4.69) is 23.1 Å². The lowest BCUT2D eigenvalue weighted by atomic mass is 10.1. The lowest BCUT2D eigenvalue weighted by Crippen LogP contribution is -2.35. The lowest BCUT2D eigenvalue weighted by molar-refractivity contribution is 0.117. The van der Waals surface area contributed by atoms with Crippen LogP contribution < -0.4 is 0 Å². The Hall–Kier alpha value is -0.830. The molecule has 0 amide bonds. The molecule has 1 unspecified atom stereocenters. The molecule has 1 aromatic rings. The summed E-state index contributed by atoms with van der Waals surface area (Å²) in [7, 11) is 0. The summed E-state index contributed by atoms with van der Waals surface area (Å²) >= 11 is 0. The van der Waals surface area contributed by atoms with E-state index >= 15 is 0 Å². The standard InChI is InChI=1S/C10H16N3/c1-10(13-9-5-6-11-13)12-7-3-2-4-8-12/h5,9-10H,2-4,7-8H2,1H3. The second kappa shape index (κ2) is 3.92. The van der Waals surface area contributed by atoms with Crippen LogP contribution >= 0.6 is 0 Å². The van der Waals surface area contributed by atoms with Gasteiger partial charge in [-0.3, -0.25) is 9.58 Å². The maximum absolute atomic E-state index is 4.14. The van der Waals surface area contributed by atoms with E-state index < -0.39 is 0 Å². The van der Waals surface area contributed by atoms with Gasteiger partial charge in [0, 0.05) is 19.3 Å². The van der Waals surface area contributed by atoms with Crippen molar-refractivity contribution < 1.29 is 0 Å². The minimum atomic E-state index is 0.395. The smallest absolute Gasteiger partial charge is 0.113 e. The molecule has 1 fully saturated rings. The highest BCUT2D eigenvalue weighted by atomic mass is 15.4. The highest BCUT2D eigenvalue weighted by molar-refractivity contribution is 4.79. The Morgan fingerprint density at radius 2 is 2.08 bits per heavy atom. The Labute approximate surface area is 79.3 Å². The minimum Gasteiger partial charge on any atom is -0.282 e. The van der Waals surface area contributed by atoms with Crippen molar-refractivity contribution in [2.75, 3.05) is 13.1 Å². The number of rotatable bonds is 2. The first kappa shape index (κ1) is 8.75. The third kappa shape index (κ3) is 1.91. The summed E-state index contributed by atoms with van der Waals surface area (Å²) in [6, 6.07) is 1.86. The molecular formula is C10H16N3. The van der Waals surface area contributed by atoms with Gasteiger partial charge in [-0.1, -0.05) is 6.42 Å². The van der Waals surface area contributed by atoms with Crippen molar-refractivity contribution in [2.45, 2.75) is 32.4 Å². The van der Waals surface area contributed by atoms with Crippen LogP contribution in [-0.2, 0) is 0 Å². The summed E-state index contributed by atoms with van der Waals surface area (Å²) in [6.07, 6.45) is 9.26. The van der Waals surface area contributed by atoms with Crippen LogP contribution in [-0.4, -0.2) is 27.8 Å². The monoisotopic (exact) mass is 178 g/mol. The predicted molar refractivity (Wildman–Crippen MR) is 51.2 cm³/mol. The third-order valence-corrected chi connectivity index (χ3v) is 2.78. The predicted octanol–water partition coefficient (Wildman–Crippen LogP) is 1.69. The summed E-state index contributed by atoms with van der Waals surface area (Å²) in [4.78, 5) is 2.48. The van der Waals surface area contributed by atoms with Crippen LogP contribution in [0.4, 0.5) is 0 Å². The summed E-state index contributed by atoms with van der Waals surface area (Å²) in [5, 5.41) is 4.14. The summed E-state index contributed by atoms with van der Waals surface area (Å²) in [6.45, 7) is 4.62. The van der Waals surface area contributed by atoms with Gasteiger partial charge in [-0.25, -0.2) is 0 Å². The number of aromatic nitrogens is 2. The fraction of sp³-hybridized carbons (Fsp3) is 0.700. The first-order valence-corrected chi connectivity index (χ1v) is 5.03. The Bertz CT molecular complexity index is 237. The van der Waals surface area contributed by atoms with E-state index in [4.69, 9.17) is 0 Å². The number of nitrogens with zero attached hydrogens (tertiary/aromatic N) is 3. The number of hydrogen-bond acceptors (Lipinski definition) is 2. The first-order valence-electron chi connectivity index (χ1n) is 5.03. The van der Waals surface area contributed by atoms with E-state index in [0.717, 1.165) is 0 Å². The average Bonchev–Trinajstić information content (AvgIpc) is 2.71. The largest absolute Gasteiger partial charge is 0.282 e. The zero-order chi connectivity index (χ0) is 9.10. The fourth-order valence-electron chi connectivity index (χ4n) is 1.91. The van der Waals surface area contributed by atoms with Gasteiger partial charge in [0.2, 0.25) is 0 Å². The molecular weight excluding hydrogens is 162 g/mol. The molecule has 71 valence electrons. The SMILES string of the molecule is CC(N1CCCCC1)n1cc[c]n1. The lowest BCUT2D eigenvalue weighted by Gasteiger charge is -2.32. The van der Waals surface area contributed by atoms with Crippen molar-refractivity contribution in [1.29, 1.82) is 0 Å². The maximum atomic E-state index is 4.14. The van der Waals surface area contributed by atoms with E-state index in [1.807, 2.05) is 16.9 Å². The molecule has 0 N–H and O–H groups in total. The van der Waals surface area contributed by atoms with Crippen LogP contribution in [0.25, 0.3) is 0 Å². The van der Waals surface area contributed by atoms with E-state index in [-0.39, 0.29) is 0 Å². The molecule has 0 spiro atoms. The second-order valence-electron chi connectivity index (χ2n) is 3.65. The average molecular weight is 178 g/mol. The van der Waals surface area contributed by atoms with Crippen molar-refractivity contribution in [3.8, 4) is 0 Å². The molecule has 0 saturated carbocycles. The minimum absolute atomic E-state index is 0.395. The molecule has 3 heteroatoms. The maximum Gasteiger partial charge on any atom is 0.113 e. The molecule has 1 aromatic heterocycles. The number of hydrogen-bond donors (Lipinski definition) is 0. The highest BCUT2D eigenvalue weighted by Crippen LogP contribution is 2.17. The van der Waals surface area contributed by atoms with Crippen LogP contribution in [0, 0.1) is 6.20 Å². The van der Waals surface area contributed by atoms with Crippen molar-refractivity contribution in [3.63, 3.8) is 0 Å². The Morgan fingerprint density at radius 3 is 2.69 bits per heavy atom. The quantitative estimate of drug-likeness (QED) is 0.687.